The summed E-state index contributed by atoms with van der Waals surface area (Å²) in [5, 5.41) is 3.24. The number of halogens is 1. The molecule has 98 valence electrons. The first kappa shape index (κ1) is 13.4. The Morgan fingerprint density at radius 2 is 1.84 bits per heavy atom. The average molecular weight is 276 g/mol. The molecule has 2 aromatic carbocycles. The monoisotopic (exact) mass is 275 g/mol. The van der Waals surface area contributed by atoms with Gasteiger partial charge in [0, 0.05) is 16.3 Å². The molecular weight excluding hydrogens is 262 g/mol. The maximum atomic E-state index is 11.6. The second-order valence-electron chi connectivity index (χ2n) is 4.16. The van der Waals surface area contributed by atoms with Crippen molar-refractivity contribution in [3.05, 3.63) is 64.7 Å². The van der Waals surface area contributed by atoms with Gasteiger partial charge >= 0.3 is 6.09 Å². The van der Waals surface area contributed by atoms with Crippen LogP contribution < -0.4 is 5.32 Å². The number of nitrogens with one attached hydrogen (secondary N) is 1. The zero-order valence-corrected chi connectivity index (χ0v) is 11.3. The fourth-order valence-corrected chi connectivity index (χ4v) is 1.74. The number of ether oxygens (including phenoxy) is 1. The van der Waals surface area contributed by atoms with Crippen LogP contribution in [-0.2, 0) is 11.3 Å². The van der Waals surface area contributed by atoms with E-state index in [4.69, 9.17) is 16.3 Å². The van der Waals surface area contributed by atoms with Crippen LogP contribution in [0.25, 0.3) is 0 Å². The summed E-state index contributed by atoms with van der Waals surface area (Å²) in [6, 6.07) is 14.8. The molecule has 0 radical (unpaired) electrons. The van der Waals surface area contributed by atoms with Crippen LogP contribution in [-0.4, -0.2) is 6.09 Å². The summed E-state index contributed by atoms with van der Waals surface area (Å²) in [5.41, 5.74) is 2.62. The molecule has 3 nitrogen and oxygen atoms in total. The topological polar surface area (TPSA) is 38.3 Å². The van der Waals surface area contributed by atoms with Gasteiger partial charge in [-0.15, -0.1) is 0 Å². The number of rotatable bonds is 3. The fraction of sp³-hybridized carbons (Fsp3) is 0.133. The molecule has 0 atom stereocenters. The normalized spacial score (nSPS) is 10.0. The summed E-state index contributed by atoms with van der Waals surface area (Å²) in [6.07, 6.45) is -0.497. The molecule has 0 spiro atoms. The van der Waals surface area contributed by atoms with Gasteiger partial charge in [-0.1, -0.05) is 47.5 Å². The van der Waals surface area contributed by atoms with Gasteiger partial charge in [-0.2, -0.15) is 0 Å². The van der Waals surface area contributed by atoms with Crippen molar-refractivity contribution in [2.75, 3.05) is 5.32 Å². The van der Waals surface area contributed by atoms with E-state index in [0.29, 0.717) is 10.7 Å². The second-order valence-corrected chi connectivity index (χ2v) is 4.57. The van der Waals surface area contributed by atoms with E-state index < -0.39 is 6.09 Å². The van der Waals surface area contributed by atoms with Crippen LogP contribution in [0.5, 0.6) is 0 Å². The molecule has 0 saturated heterocycles. The minimum atomic E-state index is -0.497. The van der Waals surface area contributed by atoms with Crippen LogP contribution in [0.3, 0.4) is 0 Å². The van der Waals surface area contributed by atoms with E-state index in [0.717, 1.165) is 11.1 Å². The Morgan fingerprint density at radius 3 is 2.53 bits per heavy atom. The molecule has 0 heterocycles. The first-order chi connectivity index (χ1) is 9.15. The largest absolute Gasteiger partial charge is 0.444 e. The summed E-state index contributed by atoms with van der Waals surface area (Å²) in [6.45, 7) is 2.14. The smallest absolute Gasteiger partial charge is 0.411 e. The number of carbonyl (C=O) groups is 1. The van der Waals surface area contributed by atoms with E-state index in [9.17, 15) is 4.79 Å². The molecule has 2 aromatic rings. The average Bonchev–Trinajstić information content (AvgIpc) is 2.40. The standard InChI is InChI=1S/C15H14ClNO2/c1-11-6-8-13(9-7-11)17-15(18)19-10-12-4-2-3-5-14(12)16/h2-9H,10H2,1H3,(H,17,18). The lowest BCUT2D eigenvalue weighted by atomic mass is 10.2. The highest BCUT2D eigenvalue weighted by atomic mass is 35.5. The first-order valence-corrected chi connectivity index (χ1v) is 6.27. The molecule has 0 aliphatic carbocycles. The van der Waals surface area contributed by atoms with Gasteiger partial charge in [0.2, 0.25) is 0 Å². The van der Waals surface area contributed by atoms with Crippen LogP contribution in [0.4, 0.5) is 10.5 Å². The Balaban J connectivity index is 1.88. The van der Waals surface area contributed by atoms with E-state index in [1.165, 1.54) is 0 Å². The van der Waals surface area contributed by atoms with Crippen molar-refractivity contribution in [1.82, 2.24) is 0 Å². The van der Waals surface area contributed by atoms with Crippen molar-refractivity contribution in [3.8, 4) is 0 Å². The van der Waals surface area contributed by atoms with Gasteiger partial charge in [-0.3, -0.25) is 5.32 Å². The van der Waals surface area contributed by atoms with E-state index in [2.05, 4.69) is 5.32 Å². The number of hydrogen-bond acceptors (Lipinski definition) is 2. The first-order valence-electron chi connectivity index (χ1n) is 5.89. The van der Waals surface area contributed by atoms with Crippen LogP contribution in [0, 0.1) is 6.92 Å². The van der Waals surface area contributed by atoms with Crippen molar-refractivity contribution >= 4 is 23.4 Å². The Hall–Kier alpha value is -2.00. The van der Waals surface area contributed by atoms with Gasteiger partial charge in [0.1, 0.15) is 6.61 Å². The molecule has 0 unspecified atom stereocenters. The van der Waals surface area contributed by atoms with Crippen LogP contribution in [0.1, 0.15) is 11.1 Å². The van der Waals surface area contributed by atoms with Gasteiger partial charge < -0.3 is 4.74 Å². The highest BCUT2D eigenvalue weighted by Crippen LogP contribution is 2.16. The molecule has 0 saturated carbocycles. The molecule has 0 fully saturated rings. The molecule has 0 aliphatic rings. The van der Waals surface area contributed by atoms with Gasteiger partial charge in [-0.25, -0.2) is 4.79 Å². The van der Waals surface area contributed by atoms with Gasteiger partial charge in [0.25, 0.3) is 0 Å². The molecule has 19 heavy (non-hydrogen) atoms. The van der Waals surface area contributed by atoms with E-state index in [1.807, 2.05) is 49.4 Å². The predicted molar refractivity (Wildman–Crippen MR) is 76.4 cm³/mol. The molecule has 1 N–H and O–H groups in total. The van der Waals surface area contributed by atoms with Crippen LogP contribution in [0.2, 0.25) is 5.02 Å². The molecule has 0 aromatic heterocycles. The lowest BCUT2D eigenvalue weighted by Gasteiger charge is -2.08. The maximum absolute atomic E-state index is 11.6. The van der Waals surface area contributed by atoms with Crippen molar-refractivity contribution in [2.45, 2.75) is 13.5 Å². The van der Waals surface area contributed by atoms with Crippen molar-refractivity contribution in [3.63, 3.8) is 0 Å². The molecule has 4 heteroatoms. The second kappa shape index (κ2) is 6.25. The van der Waals surface area contributed by atoms with Crippen LogP contribution in [0.15, 0.2) is 48.5 Å². The molecular formula is C15H14ClNO2. The summed E-state index contributed by atoms with van der Waals surface area (Å²) in [7, 11) is 0. The van der Waals surface area contributed by atoms with Gasteiger partial charge in [0.05, 0.1) is 0 Å². The van der Waals surface area contributed by atoms with E-state index >= 15 is 0 Å². The fourth-order valence-electron chi connectivity index (χ4n) is 1.55. The Bertz CT molecular complexity index is 567. The summed E-state index contributed by atoms with van der Waals surface area (Å²) in [4.78, 5) is 11.6. The highest BCUT2D eigenvalue weighted by Gasteiger charge is 2.05. The Labute approximate surface area is 117 Å². The lowest BCUT2D eigenvalue weighted by Crippen LogP contribution is -2.13. The minimum absolute atomic E-state index is 0.150. The van der Waals surface area contributed by atoms with Crippen molar-refractivity contribution in [2.24, 2.45) is 0 Å². The van der Waals surface area contributed by atoms with Crippen molar-refractivity contribution < 1.29 is 9.53 Å². The predicted octanol–water partition coefficient (Wildman–Crippen LogP) is 4.40. The number of hydrogen-bond donors (Lipinski definition) is 1. The third kappa shape index (κ3) is 4.00. The van der Waals surface area contributed by atoms with Crippen molar-refractivity contribution in [1.29, 1.82) is 0 Å². The maximum Gasteiger partial charge on any atom is 0.411 e. The van der Waals surface area contributed by atoms with E-state index in [1.54, 1.807) is 6.07 Å². The lowest BCUT2D eigenvalue weighted by molar-refractivity contribution is 0.155. The SMILES string of the molecule is Cc1ccc(NC(=O)OCc2ccccc2Cl)cc1. The van der Waals surface area contributed by atoms with Crippen LogP contribution >= 0.6 is 11.6 Å². The number of anilines is 1. The number of benzene rings is 2. The van der Waals surface area contributed by atoms with E-state index in [-0.39, 0.29) is 6.61 Å². The Morgan fingerprint density at radius 1 is 1.16 bits per heavy atom. The molecule has 0 bridgehead atoms. The zero-order chi connectivity index (χ0) is 13.7. The number of aryl methyl sites for hydroxylation is 1. The zero-order valence-electron chi connectivity index (χ0n) is 10.5. The minimum Gasteiger partial charge on any atom is -0.444 e. The summed E-state index contributed by atoms with van der Waals surface area (Å²) in [5.74, 6) is 0. The Kier molecular flexibility index (Phi) is 4.42. The summed E-state index contributed by atoms with van der Waals surface area (Å²) < 4.78 is 5.11. The van der Waals surface area contributed by atoms with Gasteiger partial charge in [0.15, 0.2) is 0 Å². The van der Waals surface area contributed by atoms with Gasteiger partial charge in [-0.05, 0) is 25.1 Å². The quantitative estimate of drug-likeness (QED) is 0.902. The highest BCUT2D eigenvalue weighted by molar-refractivity contribution is 6.31. The number of amides is 1. The molecule has 0 aliphatic heterocycles. The molecule has 2 rings (SSSR count). The third-order valence-electron chi connectivity index (χ3n) is 2.61. The third-order valence-corrected chi connectivity index (χ3v) is 2.98. The number of carbonyl (C=O) groups excluding carboxylic acids is 1. The summed E-state index contributed by atoms with van der Waals surface area (Å²) >= 11 is 5.97. The molecule has 1 amide bonds.